The molecule has 5 nitrogen and oxygen atoms in total. The topological polar surface area (TPSA) is 19.6 Å². The van der Waals surface area contributed by atoms with Crippen molar-refractivity contribution in [3.63, 3.8) is 0 Å². The molecule has 0 radical (unpaired) electrons. The average molecular weight is 1040 g/mol. The highest BCUT2D eigenvalue weighted by atomic mass is 15.2. The lowest BCUT2D eigenvalue weighted by molar-refractivity contribution is 0.646. The molecular formula is C75H51B2N5. The molecular weight excluding hydrogens is 992 g/mol. The van der Waals surface area contributed by atoms with Gasteiger partial charge in [-0.1, -0.05) is 183 Å². The largest absolute Gasteiger partial charge is 0.311 e. The minimum Gasteiger partial charge on any atom is -0.311 e. The van der Waals surface area contributed by atoms with Crippen molar-refractivity contribution < 1.29 is 0 Å². The average Bonchev–Trinajstić information content (AvgIpc) is 1.86. The van der Waals surface area contributed by atoms with Crippen molar-refractivity contribution in [2.75, 3.05) is 14.7 Å². The fraction of sp³-hybridized carbons (Fsp3) is 0.0400. The maximum atomic E-state index is 2.69. The second-order valence-corrected chi connectivity index (χ2v) is 23.1. The van der Waals surface area contributed by atoms with E-state index in [2.05, 4.69) is 311 Å². The molecule has 2 aromatic heterocycles. The normalized spacial score (nSPS) is 14.2. The lowest BCUT2D eigenvalue weighted by Gasteiger charge is -2.48. The van der Waals surface area contributed by atoms with Gasteiger partial charge in [-0.15, -0.1) is 0 Å². The monoisotopic (exact) mass is 1040 g/mol. The van der Waals surface area contributed by atoms with Gasteiger partial charge < -0.3 is 23.8 Å². The second kappa shape index (κ2) is 16.9. The van der Waals surface area contributed by atoms with E-state index < -0.39 is 0 Å². The first-order valence-corrected chi connectivity index (χ1v) is 28.8. The Morgan fingerprint density at radius 2 is 0.683 bits per heavy atom. The molecule has 0 N–H and O–H groups in total. The summed E-state index contributed by atoms with van der Waals surface area (Å²) in [6.45, 7) is 4.75. The molecule has 4 aliphatic heterocycles. The Bertz CT molecular complexity index is 4980. The van der Waals surface area contributed by atoms with Crippen LogP contribution < -0.4 is 47.5 Å². The standard InChI is InChI=1S/C75H51B2N5/c1-75(2)55-36-22-39-65-71(55)76(57-42-44-63-69(73(57)81(65)51-30-14-6-15-31-51)53-34-18-20-37-61(53)78(63)48-24-8-3-9-25-48)59-47-60-68(46-56(59)75)80(50-28-12-5-13-29-50)66-40-23-41-67-72(66)77(60)58-43-45-64-70(74(58)82(67)52-32-16-7-17-33-52)54-35-19-21-38-62(54)79(64)49-26-10-4-11-27-49/h3-47H,1-2H3. The van der Waals surface area contributed by atoms with E-state index in [0.717, 1.165) is 28.4 Å². The SMILES string of the molecule is CC1(C)c2cc3c(cc2B2c4ccc5c(c4N(c4ccccc4)c4cccc1c42)c1ccccc1n5-c1ccccc1)B1c2ccc4c(c2N(c2ccccc2)c2cccc(c21)N3c1ccccc1)c1ccccc1n4-c1ccccc1. The quantitative estimate of drug-likeness (QED) is 0.160. The molecule has 14 aromatic rings. The molecule has 82 heavy (non-hydrogen) atoms. The van der Waals surface area contributed by atoms with Crippen LogP contribution in [0.3, 0.4) is 0 Å². The van der Waals surface area contributed by atoms with Gasteiger partial charge in [-0.3, -0.25) is 0 Å². The van der Waals surface area contributed by atoms with Gasteiger partial charge in [0.05, 0.1) is 33.4 Å². The van der Waals surface area contributed by atoms with Crippen LogP contribution in [0.25, 0.3) is 55.0 Å². The van der Waals surface area contributed by atoms with Crippen molar-refractivity contribution >= 4 is 141 Å². The molecule has 0 atom stereocenters. The third-order valence-electron chi connectivity index (χ3n) is 18.7. The van der Waals surface area contributed by atoms with E-state index in [-0.39, 0.29) is 18.8 Å². The molecule has 7 heteroatoms. The van der Waals surface area contributed by atoms with Gasteiger partial charge in [-0.2, -0.15) is 0 Å². The van der Waals surface area contributed by atoms with Crippen molar-refractivity contribution in [3.05, 3.63) is 284 Å². The Labute approximate surface area is 477 Å². The maximum Gasteiger partial charge on any atom is 0.252 e. The van der Waals surface area contributed by atoms with Crippen molar-refractivity contribution in [2.24, 2.45) is 0 Å². The first-order valence-electron chi connectivity index (χ1n) is 28.8. The summed E-state index contributed by atoms with van der Waals surface area (Å²) in [5.74, 6) is 0. The van der Waals surface area contributed by atoms with Gasteiger partial charge in [0.1, 0.15) is 0 Å². The van der Waals surface area contributed by atoms with Gasteiger partial charge in [-0.05, 0) is 148 Å². The van der Waals surface area contributed by atoms with Crippen LogP contribution in [0.5, 0.6) is 0 Å². The minimum absolute atomic E-state index is 0.0743. The number of hydrogen-bond donors (Lipinski definition) is 0. The molecule has 0 saturated heterocycles. The first-order chi connectivity index (χ1) is 40.5. The summed E-state index contributed by atoms with van der Waals surface area (Å²) in [6.07, 6.45) is 0. The number of anilines is 9. The predicted molar refractivity (Wildman–Crippen MR) is 347 cm³/mol. The van der Waals surface area contributed by atoms with E-state index in [1.54, 1.807) is 0 Å². The van der Waals surface area contributed by atoms with Crippen LogP contribution in [0.15, 0.2) is 273 Å². The zero-order chi connectivity index (χ0) is 53.9. The van der Waals surface area contributed by atoms with Gasteiger partial charge in [0.15, 0.2) is 0 Å². The van der Waals surface area contributed by atoms with Crippen molar-refractivity contribution in [1.82, 2.24) is 9.13 Å². The molecule has 6 heterocycles. The Hall–Kier alpha value is -10.2. The van der Waals surface area contributed by atoms with E-state index in [9.17, 15) is 0 Å². The molecule has 382 valence electrons. The summed E-state index contributed by atoms with van der Waals surface area (Å²) >= 11 is 0. The number of fused-ring (bicyclic) bond motifs is 16. The van der Waals surface area contributed by atoms with Crippen LogP contribution in [0.4, 0.5) is 51.2 Å². The summed E-state index contributed by atoms with van der Waals surface area (Å²) in [4.78, 5) is 7.76. The van der Waals surface area contributed by atoms with E-state index in [4.69, 9.17) is 0 Å². The van der Waals surface area contributed by atoms with Crippen LogP contribution in [-0.4, -0.2) is 22.6 Å². The highest BCUT2D eigenvalue weighted by Gasteiger charge is 2.50. The number of hydrogen-bond acceptors (Lipinski definition) is 3. The molecule has 0 amide bonds. The van der Waals surface area contributed by atoms with Crippen LogP contribution in [0.1, 0.15) is 25.0 Å². The summed E-state index contributed by atoms with van der Waals surface area (Å²) in [5.41, 5.74) is 28.2. The second-order valence-electron chi connectivity index (χ2n) is 23.1. The smallest absolute Gasteiger partial charge is 0.252 e. The number of aromatic nitrogens is 2. The first kappa shape index (κ1) is 45.6. The van der Waals surface area contributed by atoms with Crippen LogP contribution >= 0.6 is 0 Å². The summed E-state index contributed by atoms with van der Waals surface area (Å²) < 4.78 is 4.93. The Balaban J connectivity index is 0.971. The molecule has 0 fully saturated rings. The number of benzene rings is 12. The van der Waals surface area contributed by atoms with Crippen LogP contribution in [0, 0.1) is 0 Å². The number of nitrogens with zero attached hydrogens (tertiary/aromatic N) is 5. The summed E-state index contributed by atoms with van der Waals surface area (Å²) in [6, 6.07) is 102. The Morgan fingerprint density at radius 3 is 1.18 bits per heavy atom. The Morgan fingerprint density at radius 1 is 0.280 bits per heavy atom. The van der Waals surface area contributed by atoms with Crippen LogP contribution in [-0.2, 0) is 5.41 Å². The minimum atomic E-state index is -0.371. The lowest BCUT2D eigenvalue weighted by atomic mass is 9.28. The van der Waals surface area contributed by atoms with Crippen molar-refractivity contribution in [2.45, 2.75) is 19.3 Å². The molecule has 4 aliphatic rings. The van der Waals surface area contributed by atoms with Gasteiger partial charge in [0, 0.05) is 78.1 Å². The van der Waals surface area contributed by atoms with E-state index in [1.807, 2.05) is 0 Å². The zero-order valence-corrected chi connectivity index (χ0v) is 45.4. The van der Waals surface area contributed by atoms with Crippen LogP contribution in [0.2, 0.25) is 0 Å². The van der Waals surface area contributed by atoms with Crippen molar-refractivity contribution in [1.29, 1.82) is 0 Å². The highest BCUT2D eigenvalue weighted by molar-refractivity contribution is 7.02. The van der Waals surface area contributed by atoms with E-state index in [1.165, 1.54) is 122 Å². The zero-order valence-electron chi connectivity index (χ0n) is 45.4. The highest BCUT2D eigenvalue weighted by Crippen LogP contribution is 2.51. The fourth-order valence-corrected chi connectivity index (χ4v) is 15.4. The lowest BCUT2D eigenvalue weighted by Crippen LogP contribution is -2.67. The fourth-order valence-electron chi connectivity index (χ4n) is 15.4. The third-order valence-corrected chi connectivity index (χ3v) is 18.7. The molecule has 12 aromatic carbocycles. The van der Waals surface area contributed by atoms with Gasteiger partial charge in [-0.25, -0.2) is 0 Å². The third kappa shape index (κ3) is 6.04. The Kier molecular flexibility index (Phi) is 9.40. The number of para-hydroxylation sites is 7. The molecule has 0 aliphatic carbocycles. The van der Waals surface area contributed by atoms with Gasteiger partial charge in [0.2, 0.25) is 6.71 Å². The van der Waals surface area contributed by atoms with E-state index >= 15 is 0 Å². The van der Waals surface area contributed by atoms with Crippen molar-refractivity contribution in [3.8, 4) is 11.4 Å². The predicted octanol–water partition coefficient (Wildman–Crippen LogP) is 14.9. The molecule has 0 spiro atoms. The summed E-state index contributed by atoms with van der Waals surface area (Å²) in [7, 11) is 0. The number of rotatable bonds is 5. The van der Waals surface area contributed by atoms with E-state index in [0.29, 0.717) is 0 Å². The van der Waals surface area contributed by atoms with Gasteiger partial charge >= 0.3 is 0 Å². The molecule has 0 bridgehead atoms. The molecule has 18 rings (SSSR count). The maximum absolute atomic E-state index is 2.69. The summed E-state index contributed by atoms with van der Waals surface area (Å²) in [5, 5.41) is 4.99. The molecule has 0 saturated carbocycles. The molecule has 0 unspecified atom stereocenters. The van der Waals surface area contributed by atoms with Gasteiger partial charge in [0.25, 0.3) is 6.71 Å².